The SMILES string of the molecule is CC(C(=O)NCCO)n1cnc2ccccc21. The first-order valence-electron chi connectivity index (χ1n) is 5.54. The van der Waals surface area contributed by atoms with E-state index in [4.69, 9.17) is 5.11 Å². The second-order valence-corrected chi connectivity index (χ2v) is 3.83. The van der Waals surface area contributed by atoms with Crippen molar-refractivity contribution in [3.63, 3.8) is 0 Å². The summed E-state index contributed by atoms with van der Waals surface area (Å²) in [4.78, 5) is 16.0. The van der Waals surface area contributed by atoms with E-state index in [0.29, 0.717) is 0 Å². The average Bonchev–Trinajstić information content (AvgIpc) is 2.78. The Balaban J connectivity index is 2.24. The predicted molar refractivity (Wildman–Crippen MR) is 64.5 cm³/mol. The molecule has 0 spiro atoms. The maximum Gasteiger partial charge on any atom is 0.242 e. The number of carbonyl (C=O) groups excluding carboxylic acids is 1. The number of aromatic nitrogens is 2. The van der Waals surface area contributed by atoms with E-state index in [9.17, 15) is 4.79 Å². The van der Waals surface area contributed by atoms with Crippen molar-refractivity contribution in [3.8, 4) is 0 Å². The fourth-order valence-corrected chi connectivity index (χ4v) is 1.74. The molecule has 1 heterocycles. The molecule has 2 aromatic rings. The zero-order valence-electron chi connectivity index (χ0n) is 9.63. The highest BCUT2D eigenvalue weighted by atomic mass is 16.3. The van der Waals surface area contributed by atoms with E-state index in [0.717, 1.165) is 11.0 Å². The third-order valence-electron chi connectivity index (χ3n) is 2.69. The molecule has 0 saturated heterocycles. The van der Waals surface area contributed by atoms with Crippen LogP contribution in [0.3, 0.4) is 0 Å². The molecule has 1 unspecified atom stereocenters. The normalized spacial score (nSPS) is 12.6. The summed E-state index contributed by atoms with van der Waals surface area (Å²) in [6.07, 6.45) is 1.66. The molecule has 2 N–H and O–H groups in total. The molecule has 1 aromatic heterocycles. The van der Waals surface area contributed by atoms with E-state index in [-0.39, 0.29) is 25.1 Å². The molecule has 0 bridgehead atoms. The van der Waals surface area contributed by atoms with Gasteiger partial charge in [-0.1, -0.05) is 12.1 Å². The number of carbonyl (C=O) groups is 1. The van der Waals surface area contributed by atoms with Gasteiger partial charge in [-0.3, -0.25) is 4.79 Å². The Morgan fingerprint density at radius 1 is 1.53 bits per heavy atom. The Labute approximate surface area is 99.1 Å². The van der Waals surface area contributed by atoms with Crippen molar-refractivity contribution in [2.24, 2.45) is 0 Å². The van der Waals surface area contributed by atoms with Gasteiger partial charge in [0.25, 0.3) is 0 Å². The van der Waals surface area contributed by atoms with Crippen LogP contribution in [-0.4, -0.2) is 33.7 Å². The molecule has 2 rings (SSSR count). The largest absolute Gasteiger partial charge is 0.395 e. The number of para-hydroxylation sites is 2. The fourth-order valence-electron chi connectivity index (χ4n) is 1.74. The Morgan fingerprint density at radius 2 is 2.29 bits per heavy atom. The van der Waals surface area contributed by atoms with Crippen LogP contribution in [0.15, 0.2) is 30.6 Å². The molecule has 17 heavy (non-hydrogen) atoms. The zero-order chi connectivity index (χ0) is 12.3. The lowest BCUT2D eigenvalue weighted by Crippen LogP contribution is -2.32. The molecule has 0 radical (unpaired) electrons. The number of benzene rings is 1. The second-order valence-electron chi connectivity index (χ2n) is 3.83. The highest BCUT2D eigenvalue weighted by Gasteiger charge is 2.16. The molecule has 5 heteroatoms. The molecule has 0 aliphatic carbocycles. The van der Waals surface area contributed by atoms with Crippen LogP contribution in [0, 0.1) is 0 Å². The van der Waals surface area contributed by atoms with Crippen LogP contribution >= 0.6 is 0 Å². The molecule has 1 atom stereocenters. The van der Waals surface area contributed by atoms with Crippen molar-refractivity contribution in [2.45, 2.75) is 13.0 Å². The fraction of sp³-hybridized carbons (Fsp3) is 0.333. The summed E-state index contributed by atoms with van der Waals surface area (Å²) in [7, 11) is 0. The summed E-state index contributed by atoms with van der Waals surface area (Å²) in [6.45, 7) is 2.03. The lowest BCUT2D eigenvalue weighted by atomic mass is 10.2. The molecule has 5 nitrogen and oxygen atoms in total. The highest BCUT2D eigenvalue weighted by molar-refractivity contribution is 5.83. The van der Waals surface area contributed by atoms with E-state index in [1.165, 1.54) is 0 Å². The summed E-state index contributed by atoms with van der Waals surface area (Å²) in [5.41, 5.74) is 1.80. The number of amides is 1. The molecule has 1 aromatic carbocycles. The van der Waals surface area contributed by atoms with Crippen LogP contribution in [0.4, 0.5) is 0 Å². The first-order valence-corrected chi connectivity index (χ1v) is 5.54. The van der Waals surface area contributed by atoms with E-state index in [1.807, 2.05) is 28.8 Å². The summed E-state index contributed by atoms with van der Waals surface area (Å²) in [6, 6.07) is 7.33. The molecular formula is C12H15N3O2. The molecule has 0 aliphatic heterocycles. The van der Waals surface area contributed by atoms with Gasteiger partial charge in [0.1, 0.15) is 6.04 Å². The Kier molecular flexibility index (Phi) is 3.39. The van der Waals surface area contributed by atoms with Crippen molar-refractivity contribution in [1.82, 2.24) is 14.9 Å². The van der Waals surface area contributed by atoms with Gasteiger partial charge in [0, 0.05) is 6.54 Å². The quantitative estimate of drug-likeness (QED) is 0.817. The van der Waals surface area contributed by atoms with Crippen LogP contribution in [0.1, 0.15) is 13.0 Å². The lowest BCUT2D eigenvalue weighted by molar-refractivity contribution is -0.123. The van der Waals surface area contributed by atoms with Crippen molar-refractivity contribution in [3.05, 3.63) is 30.6 Å². The first-order chi connectivity index (χ1) is 8.24. The Bertz CT molecular complexity index is 521. The third kappa shape index (κ3) is 2.29. The van der Waals surface area contributed by atoms with Gasteiger partial charge >= 0.3 is 0 Å². The van der Waals surface area contributed by atoms with Gasteiger partial charge in [-0.2, -0.15) is 0 Å². The van der Waals surface area contributed by atoms with Gasteiger partial charge in [-0.05, 0) is 19.1 Å². The van der Waals surface area contributed by atoms with E-state index >= 15 is 0 Å². The lowest BCUT2D eigenvalue weighted by Gasteiger charge is -2.13. The van der Waals surface area contributed by atoms with Crippen LogP contribution in [0.25, 0.3) is 11.0 Å². The number of aliphatic hydroxyl groups is 1. The first kappa shape index (κ1) is 11.6. The minimum atomic E-state index is -0.339. The summed E-state index contributed by atoms with van der Waals surface area (Å²) in [5, 5.41) is 11.3. The molecule has 0 fully saturated rings. The maximum absolute atomic E-state index is 11.8. The molecule has 1 amide bonds. The van der Waals surface area contributed by atoms with Gasteiger partial charge in [-0.15, -0.1) is 0 Å². The summed E-state index contributed by atoms with van der Waals surface area (Å²) in [5.74, 6) is -0.123. The standard InChI is InChI=1S/C12H15N3O2/c1-9(12(17)13-6-7-16)15-8-14-10-4-2-3-5-11(10)15/h2-5,8-9,16H,6-7H2,1H3,(H,13,17). The second kappa shape index (κ2) is 4.97. The number of nitrogens with zero attached hydrogens (tertiary/aromatic N) is 2. The summed E-state index contributed by atoms with van der Waals surface area (Å²) < 4.78 is 1.82. The number of aliphatic hydroxyl groups excluding tert-OH is 1. The minimum Gasteiger partial charge on any atom is -0.395 e. The minimum absolute atomic E-state index is 0.0524. The predicted octanol–water partition coefficient (Wildman–Crippen LogP) is 0.706. The molecule has 0 saturated carbocycles. The van der Waals surface area contributed by atoms with Gasteiger partial charge in [0.15, 0.2) is 0 Å². The zero-order valence-corrected chi connectivity index (χ0v) is 9.63. The molecule has 0 aliphatic rings. The van der Waals surface area contributed by atoms with Crippen LogP contribution in [0.2, 0.25) is 0 Å². The van der Waals surface area contributed by atoms with Crippen LogP contribution in [-0.2, 0) is 4.79 Å². The van der Waals surface area contributed by atoms with Gasteiger partial charge in [-0.25, -0.2) is 4.98 Å². The number of fused-ring (bicyclic) bond motifs is 1. The maximum atomic E-state index is 11.8. The molecular weight excluding hydrogens is 218 g/mol. The number of imidazole rings is 1. The topological polar surface area (TPSA) is 67.2 Å². The molecule has 90 valence electrons. The van der Waals surface area contributed by atoms with Crippen molar-refractivity contribution >= 4 is 16.9 Å². The van der Waals surface area contributed by atoms with Crippen LogP contribution < -0.4 is 5.32 Å². The average molecular weight is 233 g/mol. The van der Waals surface area contributed by atoms with Gasteiger partial charge in [0.2, 0.25) is 5.91 Å². The van der Waals surface area contributed by atoms with Crippen LogP contribution in [0.5, 0.6) is 0 Å². The van der Waals surface area contributed by atoms with Crippen molar-refractivity contribution in [1.29, 1.82) is 0 Å². The monoisotopic (exact) mass is 233 g/mol. The van der Waals surface area contributed by atoms with Crippen molar-refractivity contribution in [2.75, 3.05) is 13.2 Å². The van der Waals surface area contributed by atoms with E-state index in [1.54, 1.807) is 13.3 Å². The number of hydrogen-bond acceptors (Lipinski definition) is 3. The summed E-state index contributed by atoms with van der Waals surface area (Å²) >= 11 is 0. The smallest absolute Gasteiger partial charge is 0.242 e. The Morgan fingerprint density at radius 3 is 3.06 bits per heavy atom. The number of rotatable bonds is 4. The van der Waals surface area contributed by atoms with E-state index in [2.05, 4.69) is 10.3 Å². The van der Waals surface area contributed by atoms with Gasteiger partial charge < -0.3 is 15.0 Å². The van der Waals surface area contributed by atoms with E-state index < -0.39 is 0 Å². The number of nitrogens with one attached hydrogen (secondary N) is 1. The third-order valence-corrected chi connectivity index (χ3v) is 2.69. The van der Waals surface area contributed by atoms with Gasteiger partial charge in [0.05, 0.1) is 24.0 Å². The number of hydrogen-bond donors (Lipinski definition) is 2. The van der Waals surface area contributed by atoms with Crippen molar-refractivity contribution < 1.29 is 9.90 Å². The highest BCUT2D eigenvalue weighted by Crippen LogP contribution is 2.17. The Hall–Kier alpha value is -1.88.